The maximum atomic E-state index is 6.47. The van der Waals surface area contributed by atoms with Crippen molar-refractivity contribution in [3.63, 3.8) is 0 Å². The number of benzene rings is 3. The molecule has 2 atom stereocenters. The zero-order valence-corrected chi connectivity index (χ0v) is 21.9. The van der Waals surface area contributed by atoms with E-state index in [1.807, 2.05) is 49.4 Å². The van der Waals surface area contributed by atoms with Crippen LogP contribution in [0.5, 0.6) is 5.75 Å². The van der Waals surface area contributed by atoms with E-state index in [0.29, 0.717) is 12.4 Å². The lowest BCUT2D eigenvalue weighted by molar-refractivity contribution is 0.281. The van der Waals surface area contributed by atoms with Gasteiger partial charge in [0.2, 0.25) is 0 Å². The van der Waals surface area contributed by atoms with E-state index in [2.05, 4.69) is 46.0 Å². The van der Waals surface area contributed by atoms with Gasteiger partial charge in [-0.05, 0) is 41.3 Å². The highest BCUT2D eigenvalue weighted by molar-refractivity contribution is 6.20. The van der Waals surface area contributed by atoms with Crippen LogP contribution in [0.3, 0.4) is 0 Å². The second kappa shape index (κ2) is 14.4. The molecule has 1 aliphatic rings. The van der Waals surface area contributed by atoms with Gasteiger partial charge in [-0.15, -0.1) is 48.8 Å². The molecule has 5 nitrogen and oxygen atoms in total. The number of ether oxygens (including phenoxy) is 1. The Morgan fingerprint density at radius 2 is 1.53 bits per heavy atom. The Morgan fingerprint density at radius 1 is 0.882 bits per heavy atom. The van der Waals surface area contributed by atoms with Crippen molar-refractivity contribution in [3.05, 3.63) is 95.1 Å². The number of hydrogen-bond acceptors (Lipinski definition) is 5. The van der Waals surface area contributed by atoms with Crippen LogP contribution in [0.25, 0.3) is 0 Å². The maximum Gasteiger partial charge on any atom is 0.153 e. The van der Waals surface area contributed by atoms with E-state index in [-0.39, 0.29) is 48.8 Å². The van der Waals surface area contributed by atoms with Gasteiger partial charge in [-0.1, -0.05) is 60.7 Å². The van der Waals surface area contributed by atoms with Crippen LogP contribution in [0, 0.1) is 0 Å². The average molecular weight is 544 g/mol. The van der Waals surface area contributed by atoms with Crippen molar-refractivity contribution in [1.82, 2.24) is 10.6 Å². The number of nitrogens with zero attached hydrogens (tertiary/aromatic N) is 1. The molecule has 0 aliphatic carbocycles. The Hall–Kier alpha value is -1.99. The van der Waals surface area contributed by atoms with Gasteiger partial charge < -0.3 is 15.8 Å². The van der Waals surface area contributed by atoms with Crippen molar-refractivity contribution in [2.24, 2.45) is 10.7 Å². The number of amidine groups is 1. The molecule has 0 saturated heterocycles. The summed E-state index contributed by atoms with van der Waals surface area (Å²) in [5.41, 5.74) is 11.1. The highest BCUT2D eigenvalue weighted by Gasteiger charge is 2.18. The number of aliphatic imine (C=N–C) groups is 1. The van der Waals surface area contributed by atoms with E-state index in [9.17, 15) is 0 Å². The minimum Gasteiger partial charge on any atom is -0.481 e. The van der Waals surface area contributed by atoms with E-state index in [1.165, 1.54) is 11.1 Å². The van der Waals surface area contributed by atoms with Crippen LogP contribution in [-0.2, 0) is 19.6 Å². The van der Waals surface area contributed by atoms with Crippen LogP contribution >= 0.6 is 48.8 Å². The van der Waals surface area contributed by atoms with Crippen molar-refractivity contribution >= 4 is 60.3 Å². The molecule has 1 aliphatic heterocycles. The summed E-state index contributed by atoms with van der Waals surface area (Å²) in [6.45, 7) is 4.11. The fraction of sp³-hybridized carbons (Fsp3) is 0.240. The number of halogens is 4. The molecule has 3 aromatic rings. The van der Waals surface area contributed by atoms with Gasteiger partial charge in [-0.3, -0.25) is 5.32 Å². The zero-order valence-electron chi connectivity index (χ0n) is 18.7. The van der Waals surface area contributed by atoms with Gasteiger partial charge in [0.05, 0.1) is 0 Å². The van der Waals surface area contributed by atoms with E-state index in [4.69, 9.17) is 22.1 Å². The molecular weight excluding hydrogens is 514 g/mol. The molecule has 0 fully saturated rings. The third-order valence-corrected chi connectivity index (χ3v) is 5.63. The van der Waals surface area contributed by atoms with Crippen molar-refractivity contribution in [2.45, 2.75) is 38.2 Å². The van der Waals surface area contributed by atoms with Gasteiger partial charge in [0.15, 0.2) is 6.10 Å². The average Bonchev–Trinajstić information content (AvgIpc) is 2.79. The summed E-state index contributed by atoms with van der Waals surface area (Å²) in [6, 6.07) is 24.6. The van der Waals surface area contributed by atoms with Crippen LogP contribution in [-0.4, -0.2) is 11.9 Å². The molecule has 0 spiro atoms. The second-order valence-corrected chi connectivity index (χ2v) is 8.11. The Bertz CT molecular complexity index is 1070. The molecular formula is C25H30Cl4N4O. The Labute approximate surface area is 224 Å². The first-order valence-corrected chi connectivity index (χ1v) is 10.9. The highest BCUT2D eigenvalue weighted by atomic mass is 35.5. The summed E-state index contributed by atoms with van der Waals surface area (Å²) in [5, 5.41) is 6.87. The lowest BCUT2D eigenvalue weighted by Crippen LogP contribution is -2.33. The molecule has 3 aromatic carbocycles. The maximum absolute atomic E-state index is 6.47. The summed E-state index contributed by atoms with van der Waals surface area (Å²) in [7, 11) is 0. The van der Waals surface area contributed by atoms with Gasteiger partial charge in [0.25, 0.3) is 0 Å². The predicted octanol–water partition coefficient (Wildman–Crippen LogP) is 6.04. The third kappa shape index (κ3) is 8.05. The van der Waals surface area contributed by atoms with Crippen molar-refractivity contribution < 1.29 is 4.74 Å². The molecule has 9 heteroatoms. The van der Waals surface area contributed by atoms with E-state index in [1.54, 1.807) is 0 Å². The molecule has 0 bridgehead atoms. The molecule has 0 saturated carbocycles. The SMILES string of the molecule is CC1Oc2ccc(CNCc3cccc(CNC(Cl)c4ccccc4)c3)cc2N=C1N.Cl.Cl.Cl. The van der Waals surface area contributed by atoms with Crippen LogP contribution in [0.4, 0.5) is 5.69 Å². The first-order valence-electron chi connectivity index (χ1n) is 10.4. The molecule has 4 N–H and O–H groups in total. The van der Waals surface area contributed by atoms with E-state index < -0.39 is 0 Å². The third-order valence-electron chi connectivity index (χ3n) is 5.22. The fourth-order valence-electron chi connectivity index (χ4n) is 3.49. The first kappa shape index (κ1) is 30.0. The monoisotopic (exact) mass is 542 g/mol. The molecule has 4 rings (SSSR count). The van der Waals surface area contributed by atoms with Gasteiger partial charge in [0.1, 0.15) is 22.8 Å². The number of alkyl halides is 1. The van der Waals surface area contributed by atoms with Crippen LogP contribution in [0.1, 0.15) is 34.7 Å². The lowest BCUT2D eigenvalue weighted by Gasteiger charge is -2.21. The number of rotatable bonds is 8. The van der Waals surface area contributed by atoms with Crippen LogP contribution < -0.4 is 21.1 Å². The minimum absolute atomic E-state index is 0. The van der Waals surface area contributed by atoms with E-state index >= 15 is 0 Å². The number of nitrogens with two attached hydrogens (primary N) is 1. The summed E-state index contributed by atoms with van der Waals surface area (Å²) < 4.78 is 5.76. The summed E-state index contributed by atoms with van der Waals surface area (Å²) in [4.78, 5) is 4.45. The van der Waals surface area contributed by atoms with Crippen LogP contribution in [0.2, 0.25) is 0 Å². The van der Waals surface area contributed by atoms with Gasteiger partial charge in [-0.25, -0.2) is 4.99 Å². The Balaban J connectivity index is 0.00000193. The van der Waals surface area contributed by atoms with Crippen LogP contribution in [0.15, 0.2) is 77.8 Å². The van der Waals surface area contributed by atoms with Crippen molar-refractivity contribution in [1.29, 1.82) is 0 Å². The smallest absolute Gasteiger partial charge is 0.153 e. The Morgan fingerprint density at radius 3 is 2.24 bits per heavy atom. The molecule has 2 unspecified atom stereocenters. The topological polar surface area (TPSA) is 71.7 Å². The normalized spacial score (nSPS) is 14.8. The molecule has 184 valence electrons. The number of nitrogens with one attached hydrogen (secondary N) is 2. The molecule has 0 aromatic heterocycles. The molecule has 0 amide bonds. The fourth-order valence-corrected chi connectivity index (χ4v) is 3.71. The zero-order chi connectivity index (χ0) is 21.6. The lowest BCUT2D eigenvalue weighted by atomic mass is 10.1. The van der Waals surface area contributed by atoms with E-state index in [0.717, 1.165) is 35.7 Å². The number of hydrogen-bond donors (Lipinski definition) is 3. The predicted molar refractivity (Wildman–Crippen MR) is 148 cm³/mol. The highest BCUT2D eigenvalue weighted by Crippen LogP contribution is 2.32. The van der Waals surface area contributed by atoms with Crippen molar-refractivity contribution in [3.8, 4) is 5.75 Å². The quantitative estimate of drug-likeness (QED) is 0.239. The van der Waals surface area contributed by atoms with Gasteiger partial charge >= 0.3 is 0 Å². The summed E-state index contributed by atoms with van der Waals surface area (Å²) >= 11 is 6.47. The van der Waals surface area contributed by atoms with Gasteiger partial charge in [0, 0.05) is 19.6 Å². The molecule has 1 heterocycles. The molecule has 34 heavy (non-hydrogen) atoms. The molecule has 0 radical (unpaired) electrons. The summed E-state index contributed by atoms with van der Waals surface area (Å²) in [6.07, 6.45) is -0.181. The minimum atomic E-state index is -0.212. The van der Waals surface area contributed by atoms with Crippen molar-refractivity contribution in [2.75, 3.05) is 0 Å². The van der Waals surface area contributed by atoms with Gasteiger partial charge in [-0.2, -0.15) is 0 Å². The number of fused-ring (bicyclic) bond motifs is 1. The first-order chi connectivity index (χ1) is 15.1. The largest absolute Gasteiger partial charge is 0.481 e. The summed E-state index contributed by atoms with van der Waals surface area (Å²) in [5.74, 6) is 1.29. The standard InChI is InChI=1S/C25H27ClN4O.3ClH/c1-17-25(27)30-22-13-20(10-11-23(22)31-17)15-28-14-18-6-5-7-19(12-18)16-29-24(26)21-8-3-2-4-9-21;;;/h2-13,17,24,28-29H,14-16H2,1H3,(H2,27,30);3*1H. The Kier molecular flexibility index (Phi) is 12.7. The second-order valence-electron chi connectivity index (χ2n) is 7.68.